The summed E-state index contributed by atoms with van der Waals surface area (Å²) in [6.45, 7) is 0. The highest BCUT2D eigenvalue weighted by atomic mass is 35.5. The van der Waals surface area contributed by atoms with Crippen LogP contribution < -0.4 is 10.6 Å². The van der Waals surface area contributed by atoms with E-state index in [9.17, 15) is 9.59 Å². The number of hydrogen-bond donors (Lipinski definition) is 2. The lowest BCUT2D eigenvalue weighted by molar-refractivity contribution is 0.101. The Labute approximate surface area is 160 Å². The Morgan fingerprint density at radius 2 is 1.19 bits per heavy atom. The standard InChI is InChI=1S/C20H14Cl2N2O2/c21-15-9-7-13(8-10-15)19(25)23-17-5-1-3-14(11-17)20(26)24-18-6-2-4-16(22)12-18/h1-12H,(H,23,25)(H,24,26). The van der Waals surface area contributed by atoms with E-state index in [1.165, 1.54) is 0 Å². The zero-order valence-corrected chi connectivity index (χ0v) is 15.0. The van der Waals surface area contributed by atoms with E-state index in [1.807, 2.05) is 0 Å². The Kier molecular flexibility index (Phi) is 5.56. The molecule has 0 aliphatic heterocycles. The van der Waals surface area contributed by atoms with E-state index in [1.54, 1.807) is 72.8 Å². The van der Waals surface area contributed by atoms with Gasteiger partial charge in [-0.25, -0.2) is 0 Å². The van der Waals surface area contributed by atoms with Crippen molar-refractivity contribution < 1.29 is 9.59 Å². The first kappa shape index (κ1) is 18.0. The number of rotatable bonds is 4. The summed E-state index contributed by atoms with van der Waals surface area (Å²) in [7, 11) is 0. The molecule has 4 nitrogen and oxygen atoms in total. The maximum absolute atomic E-state index is 12.4. The largest absolute Gasteiger partial charge is 0.322 e. The highest BCUT2D eigenvalue weighted by Crippen LogP contribution is 2.18. The molecule has 0 bridgehead atoms. The van der Waals surface area contributed by atoms with E-state index in [0.29, 0.717) is 32.5 Å². The quantitative estimate of drug-likeness (QED) is 0.623. The van der Waals surface area contributed by atoms with E-state index < -0.39 is 0 Å². The van der Waals surface area contributed by atoms with E-state index in [4.69, 9.17) is 23.2 Å². The average Bonchev–Trinajstić information content (AvgIpc) is 2.62. The van der Waals surface area contributed by atoms with Gasteiger partial charge in [-0.2, -0.15) is 0 Å². The lowest BCUT2D eigenvalue weighted by Gasteiger charge is -2.09. The third-order valence-electron chi connectivity index (χ3n) is 3.57. The lowest BCUT2D eigenvalue weighted by atomic mass is 10.1. The fourth-order valence-electron chi connectivity index (χ4n) is 2.31. The first-order valence-electron chi connectivity index (χ1n) is 7.75. The monoisotopic (exact) mass is 384 g/mol. The van der Waals surface area contributed by atoms with Gasteiger partial charge in [-0.05, 0) is 60.7 Å². The minimum absolute atomic E-state index is 0.283. The molecule has 130 valence electrons. The molecule has 0 atom stereocenters. The number of hydrogen-bond acceptors (Lipinski definition) is 2. The minimum atomic E-state index is -0.296. The molecule has 0 aliphatic carbocycles. The smallest absolute Gasteiger partial charge is 0.255 e. The number of halogens is 2. The zero-order valence-electron chi connectivity index (χ0n) is 13.5. The van der Waals surface area contributed by atoms with Crippen molar-refractivity contribution in [1.82, 2.24) is 0 Å². The summed E-state index contributed by atoms with van der Waals surface area (Å²) in [6, 6.07) is 20.1. The average molecular weight is 385 g/mol. The Balaban J connectivity index is 1.72. The molecule has 0 aliphatic rings. The molecule has 0 heterocycles. The van der Waals surface area contributed by atoms with Crippen LogP contribution >= 0.6 is 23.2 Å². The van der Waals surface area contributed by atoms with Gasteiger partial charge in [0, 0.05) is 32.5 Å². The molecular formula is C20H14Cl2N2O2. The molecule has 3 aromatic rings. The van der Waals surface area contributed by atoms with Crippen LogP contribution in [-0.4, -0.2) is 11.8 Å². The van der Waals surface area contributed by atoms with E-state index in [0.717, 1.165) is 0 Å². The molecule has 0 aromatic heterocycles. The van der Waals surface area contributed by atoms with Crippen LogP contribution in [0, 0.1) is 0 Å². The summed E-state index contributed by atoms with van der Waals surface area (Å²) in [6.07, 6.45) is 0. The lowest BCUT2D eigenvalue weighted by Crippen LogP contribution is -2.14. The maximum Gasteiger partial charge on any atom is 0.255 e. The van der Waals surface area contributed by atoms with Gasteiger partial charge in [-0.1, -0.05) is 35.3 Å². The number of carbonyl (C=O) groups excluding carboxylic acids is 2. The van der Waals surface area contributed by atoms with Crippen LogP contribution in [0.4, 0.5) is 11.4 Å². The second-order valence-corrected chi connectivity index (χ2v) is 6.38. The summed E-state index contributed by atoms with van der Waals surface area (Å²) >= 11 is 11.7. The molecule has 2 amide bonds. The van der Waals surface area contributed by atoms with Crippen molar-refractivity contribution in [3.63, 3.8) is 0 Å². The second-order valence-electron chi connectivity index (χ2n) is 5.51. The van der Waals surface area contributed by atoms with Crippen LogP contribution in [0.2, 0.25) is 10.0 Å². The molecule has 3 rings (SSSR count). The van der Waals surface area contributed by atoms with Gasteiger partial charge in [-0.3, -0.25) is 9.59 Å². The normalized spacial score (nSPS) is 10.2. The summed E-state index contributed by atoms with van der Waals surface area (Å²) in [5.74, 6) is -0.580. The molecule has 0 fully saturated rings. The molecule has 0 saturated carbocycles. The number of amides is 2. The first-order valence-corrected chi connectivity index (χ1v) is 8.51. The van der Waals surface area contributed by atoms with Gasteiger partial charge in [0.05, 0.1) is 0 Å². The second kappa shape index (κ2) is 8.04. The van der Waals surface area contributed by atoms with Crippen molar-refractivity contribution in [3.8, 4) is 0 Å². The number of benzene rings is 3. The molecule has 0 spiro atoms. The predicted molar refractivity (Wildman–Crippen MR) is 105 cm³/mol. The minimum Gasteiger partial charge on any atom is -0.322 e. The molecule has 26 heavy (non-hydrogen) atoms. The number of anilines is 2. The van der Waals surface area contributed by atoms with Crippen molar-refractivity contribution in [2.45, 2.75) is 0 Å². The highest BCUT2D eigenvalue weighted by molar-refractivity contribution is 6.31. The van der Waals surface area contributed by atoms with Crippen molar-refractivity contribution in [2.24, 2.45) is 0 Å². The van der Waals surface area contributed by atoms with Crippen LogP contribution in [0.3, 0.4) is 0 Å². The molecular weight excluding hydrogens is 371 g/mol. The summed E-state index contributed by atoms with van der Waals surface area (Å²) in [5, 5.41) is 6.62. The molecule has 0 radical (unpaired) electrons. The SMILES string of the molecule is O=C(Nc1cccc(C(=O)Nc2cccc(Cl)c2)c1)c1ccc(Cl)cc1. The third-order valence-corrected chi connectivity index (χ3v) is 4.06. The van der Waals surface area contributed by atoms with Crippen molar-refractivity contribution in [1.29, 1.82) is 0 Å². The van der Waals surface area contributed by atoms with E-state index >= 15 is 0 Å². The van der Waals surface area contributed by atoms with Crippen LogP contribution in [0.5, 0.6) is 0 Å². The van der Waals surface area contributed by atoms with Gasteiger partial charge >= 0.3 is 0 Å². The highest BCUT2D eigenvalue weighted by Gasteiger charge is 2.10. The number of nitrogens with one attached hydrogen (secondary N) is 2. The fourth-order valence-corrected chi connectivity index (χ4v) is 2.63. The van der Waals surface area contributed by atoms with Gasteiger partial charge in [-0.15, -0.1) is 0 Å². The molecule has 6 heteroatoms. The fraction of sp³-hybridized carbons (Fsp3) is 0. The van der Waals surface area contributed by atoms with Gasteiger partial charge in [0.25, 0.3) is 11.8 Å². The Morgan fingerprint density at radius 1 is 0.615 bits per heavy atom. The van der Waals surface area contributed by atoms with Crippen LogP contribution in [-0.2, 0) is 0 Å². The van der Waals surface area contributed by atoms with Gasteiger partial charge in [0.15, 0.2) is 0 Å². The first-order chi connectivity index (χ1) is 12.5. The number of carbonyl (C=O) groups is 2. The van der Waals surface area contributed by atoms with E-state index in [-0.39, 0.29) is 11.8 Å². The summed E-state index contributed by atoms with van der Waals surface area (Å²) in [4.78, 5) is 24.7. The summed E-state index contributed by atoms with van der Waals surface area (Å²) in [5.41, 5.74) is 2.00. The molecule has 3 aromatic carbocycles. The molecule has 2 N–H and O–H groups in total. The van der Waals surface area contributed by atoms with Crippen molar-refractivity contribution >= 4 is 46.4 Å². The van der Waals surface area contributed by atoms with Crippen molar-refractivity contribution in [3.05, 3.63) is 94.0 Å². The van der Waals surface area contributed by atoms with Crippen LogP contribution in [0.1, 0.15) is 20.7 Å². The van der Waals surface area contributed by atoms with Gasteiger partial charge in [0.1, 0.15) is 0 Å². The van der Waals surface area contributed by atoms with E-state index in [2.05, 4.69) is 10.6 Å². The Hall–Kier alpha value is -2.82. The zero-order chi connectivity index (χ0) is 18.5. The topological polar surface area (TPSA) is 58.2 Å². The summed E-state index contributed by atoms with van der Waals surface area (Å²) < 4.78 is 0. The van der Waals surface area contributed by atoms with Crippen LogP contribution in [0.15, 0.2) is 72.8 Å². The third kappa shape index (κ3) is 4.63. The predicted octanol–water partition coefficient (Wildman–Crippen LogP) is 5.50. The van der Waals surface area contributed by atoms with Gasteiger partial charge in [0.2, 0.25) is 0 Å². The maximum atomic E-state index is 12.4. The van der Waals surface area contributed by atoms with Gasteiger partial charge < -0.3 is 10.6 Å². The van der Waals surface area contributed by atoms with Crippen molar-refractivity contribution in [2.75, 3.05) is 10.6 Å². The Bertz CT molecular complexity index is 956. The van der Waals surface area contributed by atoms with Crippen LogP contribution in [0.25, 0.3) is 0 Å². The molecule has 0 saturated heterocycles. The Morgan fingerprint density at radius 3 is 1.85 bits per heavy atom. The molecule has 0 unspecified atom stereocenters.